The lowest BCUT2D eigenvalue weighted by Gasteiger charge is -2.10. The van der Waals surface area contributed by atoms with Gasteiger partial charge in [0, 0.05) is 20.6 Å². The molecule has 0 spiro atoms. The van der Waals surface area contributed by atoms with E-state index in [0.29, 0.717) is 30.6 Å². The Labute approximate surface area is 133 Å². The zero-order chi connectivity index (χ0) is 17.1. The van der Waals surface area contributed by atoms with Gasteiger partial charge >= 0.3 is 11.7 Å². The van der Waals surface area contributed by atoms with Gasteiger partial charge in [-0.1, -0.05) is 13.3 Å². The summed E-state index contributed by atoms with van der Waals surface area (Å²) < 4.78 is 4.15. The average molecular weight is 322 g/mol. The van der Waals surface area contributed by atoms with Crippen molar-refractivity contribution >= 4 is 17.1 Å². The topological polar surface area (TPSA) is 99.1 Å². The minimum Gasteiger partial charge on any atom is -0.481 e. The van der Waals surface area contributed by atoms with Crippen molar-refractivity contribution < 1.29 is 9.90 Å². The van der Waals surface area contributed by atoms with Gasteiger partial charge in [0.05, 0.1) is 12.2 Å². The van der Waals surface area contributed by atoms with Crippen LogP contribution in [-0.4, -0.2) is 29.8 Å². The molecule has 126 valence electrons. The smallest absolute Gasteiger partial charge is 0.332 e. The molecule has 2 aromatic rings. The number of fused-ring (bicyclic) bond motifs is 1. The van der Waals surface area contributed by atoms with Gasteiger partial charge in [0.2, 0.25) is 0 Å². The SMILES string of the molecule is CCC(CCCCn1cnc2c1c(=O)n(C)c(=O)n2C)C(=O)O. The zero-order valence-electron chi connectivity index (χ0n) is 13.7. The fourth-order valence-corrected chi connectivity index (χ4v) is 2.74. The first-order valence-electron chi connectivity index (χ1n) is 7.72. The number of hydrogen-bond donors (Lipinski definition) is 1. The van der Waals surface area contributed by atoms with Crippen LogP contribution in [0.3, 0.4) is 0 Å². The van der Waals surface area contributed by atoms with Crippen molar-refractivity contribution in [3.8, 4) is 0 Å². The first-order chi connectivity index (χ1) is 10.9. The van der Waals surface area contributed by atoms with Crippen LogP contribution in [0.5, 0.6) is 0 Å². The fourth-order valence-electron chi connectivity index (χ4n) is 2.74. The highest BCUT2D eigenvalue weighted by Gasteiger charge is 2.16. The van der Waals surface area contributed by atoms with Crippen LogP contribution in [0.15, 0.2) is 15.9 Å². The number of nitrogens with zero attached hydrogens (tertiary/aromatic N) is 4. The lowest BCUT2D eigenvalue weighted by Crippen LogP contribution is -2.37. The van der Waals surface area contributed by atoms with Gasteiger partial charge in [-0.3, -0.25) is 18.7 Å². The van der Waals surface area contributed by atoms with Crippen LogP contribution in [0.1, 0.15) is 32.6 Å². The Morgan fingerprint density at radius 3 is 2.57 bits per heavy atom. The van der Waals surface area contributed by atoms with Crippen molar-refractivity contribution in [2.45, 2.75) is 39.2 Å². The first-order valence-corrected chi connectivity index (χ1v) is 7.72. The summed E-state index contributed by atoms with van der Waals surface area (Å²) in [7, 11) is 3.03. The molecule has 8 nitrogen and oxygen atoms in total. The van der Waals surface area contributed by atoms with E-state index in [-0.39, 0.29) is 11.5 Å². The fraction of sp³-hybridized carbons (Fsp3) is 0.600. The monoisotopic (exact) mass is 322 g/mol. The summed E-state index contributed by atoms with van der Waals surface area (Å²) in [5, 5.41) is 9.03. The second-order valence-corrected chi connectivity index (χ2v) is 5.76. The number of carbonyl (C=O) groups is 1. The standard InChI is InChI=1S/C15H22N4O4/c1-4-10(14(21)22)7-5-6-8-19-9-16-12-11(19)13(20)18(3)15(23)17(12)2/h9-10H,4-8H2,1-3H3,(H,21,22). The van der Waals surface area contributed by atoms with E-state index in [1.807, 2.05) is 6.92 Å². The summed E-state index contributed by atoms with van der Waals surface area (Å²) in [5.41, 5.74) is 0.00696. The van der Waals surface area contributed by atoms with Crippen molar-refractivity contribution in [2.75, 3.05) is 0 Å². The molecule has 2 rings (SSSR count). The molecular weight excluding hydrogens is 300 g/mol. The molecule has 8 heteroatoms. The van der Waals surface area contributed by atoms with Crippen molar-refractivity contribution in [3.63, 3.8) is 0 Å². The largest absolute Gasteiger partial charge is 0.481 e. The van der Waals surface area contributed by atoms with E-state index in [4.69, 9.17) is 5.11 Å². The molecule has 23 heavy (non-hydrogen) atoms. The second-order valence-electron chi connectivity index (χ2n) is 5.76. The molecule has 0 aliphatic rings. The molecule has 0 radical (unpaired) electrons. The minimum absolute atomic E-state index is 0.316. The molecule has 0 aliphatic carbocycles. The molecule has 0 fully saturated rings. The summed E-state index contributed by atoms with van der Waals surface area (Å²) in [6.07, 6.45) is 4.30. The van der Waals surface area contributed by atoms with Crippen LogP contribution in [0.2, 0.25) is 0 Å². The van der Waals surface area contributed by atoms with Gasteiger partial charge in [0.25, 0.3) is 5.56 Å². The number of aromatic nitrogens is 4. The third kappa shape index (κ3) is 3.20. The molecule has 2 heterocycles. The van der Waals surface area contributed by atoms with Gasteiger partial charge in [-0.05, 0) is 19.3 Å². The van der Waals surface area contributed by atoms with Gasteiger partial charge in [0.15, 0.2) is 11.2 Å². The number of imidazole rings is 1. The Hall–Kier alpha value is -2.38. The highest BCUT2D eigenvalue weighted by molar-refractivity contribution is 5.70. The van der Waals surface area contributed by atoms with Crippen LogP contribution in [0.4, 0.5) is 0 Å². The van der Waals surface area contributed by atoms with Gasteiger partial charge in [-0.2, -0.15) is 0 Å². The highest BCUT2D eigenvalue weighted by atomic mass is 16.4. The molecule has 2 aromatic heterocycles. The van der Waals surface area contributed by atoms with E-state index in [9.17, 15) is 14.4 Å². The minimum atomic E-state index is -0.760. The summed E-state index contributed by atoms with van der Waals surface area (Å²) in [4.78, 5) is 39.3. The van der Waals surface area contributed by atoms with E-state index in [2.05, 4.69) is 4.98 Å². The van der Waals surface area contributed by atoms with Crippen LogP contribution >= 0.6 is 0 Å². The van der Waals surface area contributed by atoms with Gasteiger partial charge < -0.3 is 9.67 Å². The predicted octanol–water partition coefficient (Wildman–Crippen LogP) is 0.715. The van der Waals surface area contributed by atoms with Crippen LogP contribution < -0.4 is 11.2 Å². The van der Waals surface area contributed by atoms with E-state index >= 15 is 0 Å². The lowest BCUT2D eigenvalue weighted by atomic mass is 9.99. The molecule has 1 unspecified atom stereocenters. The van der Waals surface area contributed by atoms with Gasteiger partial charge in [-0.25, -0.2) is 9.78 Å². The maximum atomic E-state index is 12.3. The first kappa shape index (κ1) is 17.0. The maximum Gasteiger partial charge on any atom is 0.332 e. The maximum absolute atomic E-state index is 12.3. The molecule has 1 atom stereocenters. The number of carboxylic acids is 1. The third-order valence-corrected chi connectivity index (χ3v) is 4.26. The van der Waals surface area contributed by atoms with E-state index in [0.717, 1.165) is 17.4 Å². The van der Waals surface area contributed by atoms with Crippen LogP contribution in [-0.2, 0) is 25.4 Å². The quantitative estimate of drug-likeness (QED) is 0.757. The highest BCUT2D eigenvalue weighted by Crippen LogP contribution is 2.14. The van der Waals surface area contributed by atoms with E-state index in [1.54, 1.807) is 17.9 Å². The number of rotatable bonds is 7. The van der Waals surface area contributed by atoms with Gasteiger partial charge in [-0.15, -0.1) is 0 Å². The Kier molecular flexibility index (Phi) is 5.02. The van der Waals surface area contributed by atoms with Crippen molar-refractivity contribution in [1.82, 2.24) is 18.7 Å². The number of aryl methyl sites for hydroxylation is 2. The third-order valence-electron chi connectivity index (χ3n) is 4.26. The number of aliphatic carboxylic acids is 1. The Balaban J connectivity index is 2.15. The zero-order valence-corrected chi connectivity index (χ0v) is 13.7. The lowest BCUT2D eigenvalue weighted by molar-refractivity contribution is -0.142. The van der Waals surface area contributed by atoms with Crippen LogP contribution in [0.25, 0.3) is 11.2 Å². The number of hydrogen-bond acceptors (Lipinski definition) is 4. The molecule has 0 amide bonds. The summed E-state index contributed by atoms with van der Waals surface area (Å²) in [5.74, 6) is -1.08. The molecule has 0 bridgehead atoms. The average Bonchev–Trinajstić information content (AvgIpc) is 2.94. The van der Waals surface area contributed by atoms with Crippen molar-refractivity contribution in [1.29, 1.82) is 0 Å². The normalized spacial score (nSPS) is 12.7. The summed E-state index contributed by atoms with van der Waals surface area (Å²) in [6, 6.07) is 0. The van der Waals surface area contributed by atoms with E-state index < -0.39 is 11.7 Å². The van der Waals surface area contributed by atoms with Crippen molar-refractivity contribution in [2.24, 2.45) is 20.0 Å². The molecule has 0 aromatic carbocycles. The summed E-state index contributed by atoms with van der Waals surface area (Å²) >= 11 is 0. The molecule has 1 N–H and O–H groups in total. The summed E-state index contributed by atoms with van der Waals surface area (Å²) in [6.45, 7) is 2.44. The predicted molar refractivity (Wildman–Crippen MR) is 85.5 cm³/mol. The Morgan fingerprint density at radius 1 is 1.26 bits per heavy atom. The number of unbranched alkanes of at least 4 members (excludes halogenated alkanes) is 1. The van der Waals surface area contributed by atoms with Crippen LogP contribution in [0, 0.1) is 5.92 Å². The van der Waals surface area contributed by atoms with E-state index in [1.165, 1.54) is 11.6 Å². The van der Waals surface area contributed by atoms with Crippen molar-refractivity contribution in [3.05, 3.63) is 27.2 Å². The van der Waals surface area contributed by atoms with Gasteiger partial charge in [0.1, 0.15) is 0 Å². The molecule has 0 saturated carbocycles. The molecule has 0 saturated heterocycles. The second kappa shape index (κ2) is 6.80. The Bertz CT molecular complexity index is 830. The molecule has 0 aliphatic heterocycles. The molecular formula is C15H22N4O4. The Morgan fingerprint density at radius 2 is 1.96 bits per heavy atom. The number of carboxylic acid groups (broad SMARTS) is 1.